The fourth-order valence-electron chi connectivity index (χ4n) is 3.65. The van der Waals surface area contributed by atoms with Gasteiger partial charge in [-0.25, -0.2) is 9.97 Å². The number of aromatic nitrogens is 5. The molecule has 4 aromatic heterocycles. The van der Waals surface area contributed by atoms with Crippen LogP contribution in [0.2, 0.25) is 0 Å². The summed E-state index contributed by atoms with van der Waals surface area (Å²) in [5.41, 5.74) is 11.1. The van der Waals surface area contributed by atoms with Crippen LogP contribution in [-0.4, -0.2) is 37.7 Å². The Hall–Kier alpha value is -3.74. The van der Waals surface area contributed by atoms with Gasteiger partial charge in [-0.15, -0.1) is 10.2 Å². The minimum absolute atomic E-state index is 0.516. The molecule has 2 N–H and O–H groups in total. The van der Waals surface area contributed by atoms with E-state index in [1.165, 1.54) is 5.57 Å². The number of nitrogens with two attached hydrogens (primary N) is 1. The van der Waals surface area contributed by atoms with Crippen molar-refractivity contribution in [3.63, 3.8) is 0 Å². The van der Waals surface area contributed by atoms with E-state index in [1.807, 2.05) is 41.1 Å². The summed E-state index contributed by atoms with van der Waals surface area (Å²) >= 11 is 0. The van der Waals surface area contributed by atoms with Crippen LogP contribution in [0.25, 0.3) is 22.3 Å². The zero-order valence-corrected chi connectivity index (χ0v) is 15.2. The molecule has 0 spiro atoms. The Morgan fingerprint density at radius 2 is 1.93 bits per heavy atom. The number of hydrogen-bond acceptors (Lipinski definition) is 6. The van der Waals surface area contributed by atoms with Crippen molar-refractivity contribution >= 4 is 22.9 Å². The van der Waals surface area contributed by atoms with Crippen LogP contribution < -0.4 is 10.6 Å². The lowest BCUT2D eigenvalue weighted by Gasteiger charge is -2.29. The number of hydrogen-bond donors (Lipinski definition) is 1. The highest BCUT2D eigenvalue weighted by molar-refractivity contribution is 5.80. The molecule has 0 radical (unpaired) electrons. The number of nitrogens with zero attached hydrogens (tertiary/aromatic N) is 6. The Labute approximate surface area is 162 Å². The first-order valence-electron chi connectivity index (χ1n) is 9.19. The number of rotatable bonds is 3. The van der Waals surface area contributed by atoms with Gasteiger partial charge in [0.05, 0.1) is 0 Å². The minimum Gasteiger partial charge on any atom is -0.384 e. The van der Waals surface area contributed by atoms with Crippen molar-refractivity contribution in [2.75, 3.05) is 23.7 Å². The molecule has 0 amide bonds. The minimum atomic E-state index is 0.516. The van der Waals surface area contributed by atoms with Gasteiger partial charge < -0.3 is 10.6 Å². The lowest BCUT2D eigenvalue weighted by Crippen LogP contribution is -2.29. The van der Waals surface area contributed by atoms with Gasteiger partial charge in [-0.1, -0.05) is 6.08 Å². The quantitative estimate of drug-likeness (QED) is 0.597. The molecular formula is C21H19N7. The molecule has 0 saturated heterocycles. The highest BCUT2D eigenvalue weighted by Crippen LogP contribution is 2.32. The molecule has 7 heteroatoms. The van der Waals surface area contributed by atoms with Crippen LogP contribution in [-0.2, 0) is 0 Å². The maximum absolute atomic E-state index is 5.73. The first-order valence-corrected chi connectivity index (χ1v) is 9.19. The van der Waals surface area contributed by atoms with Crippen molar-refractivity contribution in [2.45, 2.75) is 6.42 Å². The molecule has 0 aliphatic carbocycles. The predicted octanol–water partition coefficient (Wildman–Crippen LogP) is 3.06. The highest BCUT2D eigenvalue weighted by Gasteiger charge is 2.19. The Morgan fingerprint density at radius 1 is 1.00 bits per heavy atom. The Kier molecular flexibility index (Phi) is 3.97. The summed E-state index contributed by atoms with van der Waals surface area (Å²) in [5, 5.41) is 8.28. The van der Waals surface area contributed by atoms with Gasteiger partial charge in [-0.05, 0) is 48.4 Å². The van der Waals surface area contributed by atoms with Crippen LogP contribution in [0.4, 0.5) is 11.6 Å². The van der Waals surface area contributed by atoms with Crippen LogP contribution in [0.1, 0.15) is 12.0 Å². The maximum Gasteiger partial charge on any atom is 0.168 e. The highest BCUT2D eigenvalue weighted by atomic mass is 15.2. The molecule has 0 fully saturated rings. The van der Waals surface area contributed by atoms with Gasteiger partial charge in [0.25, 0.3) is 0 Å². The summed E-state index contributed by atoms with van der Waals surface area (Å²) in [6, 6.07) is 12.0. The van der Waals surface area contributed by atoms with Crippen molar-refractivity contribution in [1.29, 1.82) is 0 Å². The molecule has 138 valence electrons. The predicted molar refractivity (Wildman–Crippen MR) is 110 cm³/mol. The largest absolute Gasteiger partial charge is 0.384 e. The second-order valence-corrected chi connectivity index (χ2v) is 6.76. The van der Waals surface area contributed by atoms with Crippen molar-refractivity contribution in [1.82, 2.24) is 24.6 Å². The van der Waals surface area contributed by atoms with E-state index < -0.39 is 0 Å². The van der Waals surface area contributed by atoms with E-state index in [4.69, 9.17) is 5.73 Å². The van der Waals surface area contributed by atoms with E-state index in [1.54, 1.807) is 12.5 Å². The van der Waals surface area contributed by atoms with Crippen LogP contribution >= 0.6 is 0 Å². The molecule has 1 aliphatic heterocycles. The summed E-state index contributed by atoms with van der Waals surface area (Å²) in [5.74, 6) is 1.48. The first-order chi connectivity index (χ1) is 13.8. The average Bonchev–Trinajstić information content (AvgIpc) is 3.24. The summed E-state index contributed by atoms with van der Waals surface area (Å²) in [7, 11) is 0. The molecule has 0 aromatic carbocycles. The standard InChI is InChI=1S/C21H19N7/c22-19-6-5-16(13-24-19)18-3-1-9-23-20(18)27-11-7-15(8-12-27)17-4-2-10-28-14-25-26-21(17)28/h1-7,9-10,13-14H,8,11-12H2,(H2,22,24). The Morgan fingerprint density at radius 3 is 2.75 bits per heavy atom. The molecule has 4 aromatic rings. The fourth-order valence-corrected chi connectivity index (χ4v) is 3.65. The van der Waals surface area contributed by atoms with E-state index in [9.17, 15) is 0 Å². The maximum atomic E-state index is 5.73. The molecule has 0 atom stereocenters. The number of nitrogen functional groups attached to an aromatic ring is 1. The van der Waals surface area contributed by atoms with Crippen molar-refractivity contribution in [3.05, 3.63) is 73.0 Å². The molecule has 0 unspecified atom stereocenters. The number of anilines is 2. The van der Waals surface area contributed by atoms with Gasteiger partial charge in [0.2, 0.25) is 0 Å². The number of pyridine rings is 3. The second-order valence-electron chi connectivity index (χ2n) is 6.76. The lowest BCUT2D eigenvalue weighted by molar-refractivity contribution is 0.817. The molecule has 7 nitrogen and oxygen atoms in total. The molecule has 5 rings (SSSR count). The molecule has 1 aliphatic rings. The zero-order valence-electron chi connectivity index (χ0n) is 15.2. The van der Waals surface area contributed by atoms with Gasteiger partial charge in [0.15, 0.2) is 5.65 Å². The summed E-state index contributed by atoms with van der Waals surface area (Å²) in [4.78, 5) is 11.2. The normalized spacial score (nSPS) is 14.3. The van der Waals surface area contributed by atoms with Crippen LogP contribution in [0.15, 0.2) is 67.4 Å². The van der Waals surface area contributed by atoms with Gasteiger partial charge in [0, 0.05) is 48.4 Å². The molecule has 0 saturated carbocycles. The fraction of sp³-hybridized carbons (Fsp3) is 0.143. The van der Waals surface area contributed by atoms with Crippen molar-refractivity contribution in [2.24, 2.45) is 0 Å². The number of fused-ring (bicyclic) bond motifs is 1. The van der Waals surface area contributed by atoms with Gasteiger partial charge in [-0.3, -0.25) is 4.40 Å². The smallest absolute Gasteiger partial charge is 0.168 e. The van der Waals surface area contributed by atoms with E-state index >= 15 is 0 Å². The first kappa shape index (κ1) is 16.4. The van der Waals surface area contributed by atoms with Crippen molar-refractivity contribution < 1.29 is 0 Å². The average molecular weight is 369 g/mol. The van der Waals surface area contributed by atoms with E-state index in [-0.39, 0.29) is 0 Å². The molecular weight excluding hydrogens is 350 g/mol. The third kappa shape index (κ3) is 2.87. The van der Waals surface area contributed by atoms with Crippen LogP contribution in [0.5, 0.6) is 0 Å². The summed E-state index contributed by atoms with van der Waals surface area (Å²) in [6.45, 7) is 1.67. The third-order valence-corrected chi connectivity index (χ3v) is 5.06. The van der Waals surface area contributed by atoms with E-state index in [0.717, 1.165) is 47.7 Å². The Balaban J connectivity index is 1.46. The molecule has 5 heterocycles. The van der Waals surface area contributed by atoms with Crippen molar-refractivity contribution in [3.8, 4) is 11.1 Å². The summed E-state index contributed by atoms with van der Waals surface area (Å²) < 4.78 is 1.95. The van der Waals surface area contributed by atoms with Gasteiger partial charge in [0.1, 0.15) is 18.0 Å². The van der Waals surface area contributed by atoms with E-state index in [0.29, 0.717) is 5.82 Å². The van der Waals surface area contributed by atoms with Crippen LogP contribution in [0, 0.1) is 0 Å². The monoisotopic (exact) mass is 369 g/mol. The van der Waals surface area contributed by atoms with Gasteiger partial charge in [-0.2, -0.15) is 0 Å². The SMILES string of the molecule is Nc1ccc(-c2cccnc2N2CC=C(c3cccn4cnnc34)CC2)cn1. The van der Waals surface area contributed by atoms with E-state index in [2.05, 4.69) is 43.3 Å². The molecule has 0 bridgehead atoms. The molecule has 28 heavy (non-hydrogen) atoms. The lowest BCUT2D eigenvalue weighted by atomic mass is 9.99. The van der Waals surface area contributed by atoms with Gasteiger partial charge >= 0.3 is 0 Å². The Bertz CT molecular complexity index is 1160. The summed E-state index contributed by atoms with van der Waals surface area (Å²) in [6.07, 6.45) is 10.5. The zero-order chi connectivity index (χ0) is 18.9. The third-order valence-electron chi connectivity index (χ3n) is 5.06. The second kappa shape index (κ2) is 6.77. The topological polar surface area (TPSA) is 85.2 Å². The van der Waals surface area contributed by atoms with Crippen LogP contribution in [0.3, 0.4) is 0 Å².